The Hall–Kier alpha value is -1.55. The monoisotopic (exact) mass is 279 g/mol. The Labute approximate surface area is 121 Å². The Balaban J connectivity index is 2.60. The highest BCUT2D eigenvalue weighted by atomic mass is 16.5. The topological polar surface area (TPSA) is 58.6 Å². The van der Waals surface area contributed by atoms with Gasteiger partial charge >= 0.3 is 0 Å². The average molecular weight is 279 g/mol. The molecule has 4 nitrogen and oxygen atoms in total. The summed E-state index contributed by atoms with van der Waals surface area (Å²) in [5, 5.41) is 12.8. The van der Waals surface area contributed by atoms with Gasteiger partial charge in [0.2, 0.25) is 0 Å². The van der Waals surface area contributed by atoms with E-state index in [-0.39, 0.29) is 12.5 Å². The summed E-state index contributed by atoms with van der Waals surface area (Å²) in [4.78, 5) is 11.9. The molecule has 2 N–H and O–H groups in total. The Morgan fingerprint density at radius 3 is 2.35 bits per heavy atom. The summed E-state index contributed by atoms with van der Waals surface area (Å²) in [6.45, 7) is 10.8. The van der Waals surface area contributed by atoms with Crippen molar-refractivity contribution < 1.29 is 14.6 Å². The number of aryl methyl sites for hydroxylation is 2. The number of hydrogen-bond acceptors (Lipinski definition) is 3. The lowest BCUT2D eigenvalue weighted by molar-refractivity contribution is -0.128. The minimum absolute atomic E-state index is 0.0661. The molecule has 0 heterocycles. The van der Waals surface area contributed by atoms with Crippen molar-refractivity contribution in [3.05, 3.63) is 29.3 Å². The molecule has 0 aliphatic rings. The minimum Gasteiger partial charge on any atom is -0.484 e. The molecule has 0 saturated carbocycles. The van der Waals surface area contributed by atoms with Crippen LogP contribution < -0.4 is 10.1 Å². The zero-order chi connectivity index (χ0) is 15.6. The van der Waals surface area contributed by atoms with E-state index in [0.29, 0.717) is 5.75 Å². The van der Waals surface area contributed by atoms with Gasteiger partial charge in [-0.15, -0.1) is 0 Å². The first kappa shape index (κ1) is 16.5. The predicted octanol–water partition coefficient (Wildman–Crippen LogP) is 2.35. The summed E-state index contributed by atoms with van der Waals surface area (Å²) < 4.78 is 5.52. The van der Waals surface area contributed by atoms with Crippen LogP contribution in [0.25, 0.3) is 0 Å². The number of hydrogen-bond donors (Lipinski definition) is 2. The second-order valence-electron chi connectivity index (χ2n) is 6.29. The van der Waals surface area contributed by atoms with Crippen LogP contribution in [0.5, 0.6) is 5.75 Å². The van der Waals surface area contributed by atoms with E-state index in [1.54, 1.807) is 27.7 Å². The molecule has 112 valence electrons. The van der Waals surface area contributed by atoms with E-state index >= 15 is 0 Å². The molecule has 1 aromatic rings. The highest BCUT2D eigenvalue weighted by Crippen LogP contribution is 2.21. The number of benzene rings is 1. The maximum Gasteiger partial charge on any atom is 0.258 e. The van der Waals surface area contributed by atoms with E-state index in [1.165, 1.54) is 0 Å². The van der Waals surface area contributed by atoms with Crippen LogP contribution in [0.15, 0.2) is 18.2 Å². The molecule has 0 atom stereocenters. The lowest BCUT2D eigenvalue weighted by Gasteiger charge is -2.37. The van der Waals surface area contributed by atoms with E-state index in [4.69, 9.17) is 4.74 Å². The van der Waals surface area contributed by atoms with Gasteiger partial charge in [-0.05, 0) is 53.2 Å². The summed E-state index contributed by atoms with van der Waals surface area (Å²) in [6.07, 6.45) is 0. The number of aliphatic hydroxyl groups is 1. The summed E-state index contributed by atoms with van der Waals surface area (Å²) in [5.41, 5.74) is 0.417. The van der Waals surface area contributed by atoms with Crippen molar-refractivity contribution in [3.8, 4) is 5.75 Å². The van der Waals surface area contributed by atoms with Gasteiger partial charge in [0, 0.05) is 0 Å². The summed E-state index contributed by atoms with van der Waals surface area (Å²) in [7, 11) is 0. The van der Waals surface area contributed by atoms with E-state index < -0.39 is 11.1 Å². The molecule has 0 spiro atoms. The number of rotatable bonds is 5. The lowest BCUT2D eigenvalue weighted by Crippen LogP contribution is -2.58. The van der Waals surface area contributed by atoms with Gasteiger partial charge in [0.1, 0.15) is 5.75 Å². The molecule has 0 fully saturated rings. The van der Waals surface area contributed by atoms with Crippen molar-refractivity contribution in [2.45, 2.75) is 52.7 Å². The van der Waals surface area contributed by atoms with Crippen molar-refractivity contribution in [3.63, 3.8) is 0 Å². The molecule has 1 aromatic carbocycles. The van der Waals surface area contributed by atoms with Crippen LogP contribution in [0, 0.1) is 13.8 Å². The van der Waals surface area contributed by atoms with Crippen LogP contribution in [0.4, 0.5) is 0 Å². The predicted molar refractivity (Wildman–Crippen MR) is 79.9 cm³/mol. The molecule has 0 aromatic heterocycles. The lowest BCUT2D eigenvalue weighted by atomic mass is 9.86. The second kappa shape index (κ2) is 5.83. The summed E-state index contributed by atoms with van der Waals surface area (Å²) in [6, 6.07) is 5.81. The molecule has 0 radical (unpaired) electrons. The van der Waals surface area contributed by atoms with E-state index in [9.17, 15) is 9.90 Å². The van der Waals surface area contributed by atoms with Crippen molar-refractivity contribution in [2.24, 2.45) is 0 Å². The van der Waals surface area contributed by atoms with Gasteiger partial charge in [-0.25, -0.2) is 0 Å². The second-order valence-corrected chi connectivity index (χ2v) is 6.29. The number of carbonyl (C=O) groups excluding carboxylic acids is 1. The molecule has 1 amide bonds. The summed E-state index contributed by atoms with van der Waals surface area (Å²) >= 11 is 0. The molecule has 0 aliphatic carbocycles. The van der Waals surface area contributed by atoms with Gasteiger partial charge in [-0.3, -0.25) is 4.79 Å². The molecular formula is C16H25NO3. The number of carbonyl (C=O) groups is 1. The molecule has 4 heteroatoms. The average Bonchev–Trinajstić information content (AvgIpc) is 2.25. The maximum absolute atomic E-state index is 11.9. The van der Waals surface area contributed by atoms with Gasteiger partial charge in [0.15, 0.2) is 6.61 Å². The quantitative estimate of drug-likeness (QED) is 0.870. The van der Waals surface area contributed by atoms with Crippen molar-refractivity contribution in [1.82, 2.24) is 5.32 Å². The van der Waals surface area contributed by atoms with E-state index in [2.05, 4.69) is 5.32 Å². The molecule has 0 unspecified atom stereocenters. The van der Waals surface area contributed by atoms with Gasteiger partial charge in [0.05, 0.1) is 11.1 Å². The van der Waals surface area contributed by atoms with Crippen molar-refractivity contribution >= 4 is 5.91 Å². The number of nitrogens with one attached hydrogen (secondary N) is 1. The first-order chi connectivity index (χ1) is 9.03. The first-order valence-corrected chi connectivity index (χ1v) is 6.76. The van der Waals surface area contributed by atoms with Crippen LogP contribution in [0.3, 0.4) is 0 Å². The van der Waals surface area contributed by atoms with Crippen LogP contribution in [-0.2, 0) is 4.79 Å². The van der Waals surface area contributed by atoms with Crippen molar-refractivity contribution in [2.75, 3.05) is 6.61 Å². The normalized spacial score (nSPS) is 12.2. The smallest absolute Gasteiger partial charge is 0.258 e. The highest BCUT2D eigenvalue weighted by Gasteiger charge is 2.36. The molecule has 20 heavy (non-hydrogen) atoms. The minimum atomic E-state index is -1.01. The highest BCUT2D eigenvalue weighted by molar-refractivity contribution is 5.78. The molecule has 1 rings (SSSR count). The standard InChI is InChI=1S/C16H25NO3/c1-11-7-8-13(12(2)9-11)20-10-14(18)17-15(3,4)16(5,6)19/h7-9,19H,10H2,1-6H3,(H,17,18). The number of amides is 1. The Bertz CT molecular complexity index is 487. The van der Waals surface area contributed by atoms with Crippen LogP contribution in [0.1, 0.15) is 38.8 Å². The fraction of sp³-hybridized carbons (Fsp3) is 0.562. The van der Waals surface area contributed by atoms with Gasteiger partial charge in [-0.2, -0.15) is 0 Å². The van der Waals surface area contributed by atoms with Crippen molar-refractivity contribution in [1.29, 1.82) is 0 Å². The zero-order valence-electron chi connectivity index (χ0n) is 13.2. The third kappa shape index (κ3) is 4.23. The molecule has 0 saturated heterocycles. The number of ether oxygens (including phenoxy) is 1. The SMILES string of the molecule is Cc1ccc(OCC(=O)NC(C)(C)C(C)(C)O)c(C)c1. The van der Waals surface area contributed by atoms with E-state index in [0.717, 1.165) is 11.1 Å². The fourth-order valence-electron chi connectivity index (χ4n) is 1.64. The Kier molecular flexibility index (Phi) is 4.81. The molecular weight excluding hydrogens is 254 g/mol. The van der Waals surface area contributed by atoms with Gasteiger partial charge in [0.25, 0.3) is 5.91 Å². The van der Waals surface area contributed by atoms with E-state index in [1.807, 2.05) is 32.0 Å². The molecule has 0 bridgehead atoms. The van der Waals surface area contributed by atoms with Crippen LogP contribution >= 0.6 is 0 Å². The van der Waals surface area contributed by atoms with Crippen LogP contribution in [-0.4, -0.2) is 28.8 Å². The third-order valence-electron chi connectivity index (χ3n) is 3.67. The third-order valence-corrected chi connectivity index (χ3v) is 3.67. The Morgan fingerprint density at radius 2 is 1.85 bits per heavy atom. The first-order valence-electron chi connectivity index (χ1n) is 6.76. The maximum atomic E-state index is 11.9. The summed E-state index contributed by atoms with van der Waals surface area (Å²) in [5.74, 6) is 0.448. The Morgan fingerprint density at radius 1 is 1.25 bits per heavy atom. The van der Waals surface area contributed by atoms with Gasteiger partial charge < -0.3 is 15.2 Å². The largest absolute Gasteiger partial charge is 0.484 e. The van der Waals surface area contributed by atoms with Gasteiger partial charge in [-0.1, -0.05) is 17.7 Å². The zero-order valence-corrected chi connectivity index (χ0v) is 13.2. The van der Waals surface area contributed by atoms with Crippen LogP contribution in [0.2, 0.25) is 0 Å². The molecule has 0 aliphatic heterocycles. The fourth-order valence-corrected chi connectivity index (χ4v) is 1.64.